The van der Waals surface area contributed by atoms with E-state index in [0.717, 1.165) is 23.5 Å². The number of nitrogens with two attached hydrogens (primary N) is 1. The second-order valence-corrected chi connectivity index (χ2v) is 10.5. The molecule has 1 aromatic heterocycles. The predicted octanol–water partition coefficient (Wildman–Crippen LogP) is 3.82. The van der Waals surface area contributed by atoms with Crippen molar-refractivity contribution in [2.24, 2.45) is 22.1 Å². The van der Waals surface area contributed by atoms with Crippen molar-refractivity contribution >= 4 is 34.8 Å². The summed E-state index contributed by atoms with van der Waals surface area (Å²) < 4.78 is 35.6. The first-order valence-electron chi connectivity index (χ1n) is 10.6. The van der Waals surface area contributed by atoms with Gasteiger partial charge in [-0.25, -0.2) is 13.6 Å². The second kappa shape index (κ2) is 10.6. The highest BCUT2D eigenvalue weighted by atomic mass is 32.1. The lowest BCUT2D eigenvalue weighted by Crippen LogP contribution is -2.50. The highest BCUT2D eigenvalue weighted by Gasteiger charge is 2.33. The quantitative estimate of drug-likeness (QED) is 0.566. The molecular weight excluding hydrogens is 466 g/mol. The fourth-order valence-corrected chi connectivity index (χ4v) is 3.35. The smallest absolute Gasteiger partial charge is 0.327 e. The van der Waals surface area contributed by atoms with Gasteiger partial charge in [0.2, 0.25) is 5.91 Å². The summed E-state index contributed by atoms with van der Waals surface area (Å²) in [5.41, 5.74) is 3.46. The number of rotatable bonds is 7. The van der Waals surface area contributed by atoms with Crippen molar-refractivity contribution in [3.63, 3.8) is 0 Å². The van der Waals surface area contributed by atoms with Crippen molar-refractivity contribution in [2.45, 2.75) is 60.2 Å². The van der Waals surface area contributed by atoms with Gasteiger partial charge in [-0.15, -0.1) is 11.3 Å². The van der Waals surface area contributed by atoms with Gasteiger partial charge >= 0.3 is 5.97 Å². The van der Waals surface area contributed by atoms with Crippen LogP contribution in [-0.4, -0.2) is 27.9 Å². The number of nitrogens with one attached hydrogen (secondary N) is 1. The SMILES string of the molecule is CC(C)[C@@](C)(N)C(=O)OCn1ccsc1=NC(=O)c1cc(F)c(NC(=O)CC(C)(C)C)c(F)c1. The van der Waals surface area contributed by atoms with Gasteiger partial charge in [0.25, 0.3) is 5.91 Å². The zero-order chi connectivity index (χ0) is 25.8. The summed E-state index contributed by atoms with van der Waals surface area (Å²) in [5.74, 6) is -4.42. The molecule has 0 fully saturated rings. The van der Waals surface area contributed by atoms with Gasteiger partial charge < -0.3 is 15.8 Å². The molecule has 34 heavy (non-hydrogen) atoms. The molecule has 0 aliphatic carbocycles. The predicted molar refractivity (Wildman–Crippen MR) is 125 cm³/mol. The van der Waals surface area contributed by atoms with Gasteiger partial charge in [-0.2, -0.15) is 4.99 Å². The van der Waals surface area contributed by atoms with E-state index in [-0.39, 0.29) is 34.8 Å². The van der Waals surface area contributed by atoms with E-state index in [1.54, 1.807) is 32.3 Å². The number of carbonyl (C=O) groups is 3. The maximum Gasteiger partial charge on any atom is 0.327 e. The molecule has 186 valence electrons. The van der Waals surface area contributed by atoms with Crippen molar-refractivity contribution < 1.29 is 27.9 Å². The number of nitrogens with zero attached hydrogens (tertiary/aromatic N) is 2. The van der Waals surface area contributed by atoms with E-state index >= 15 is 0 Å². The van der Waals surface area contributed by atoms with Gasteiger partial charge in [0, 0.05) is 23.6 Å². The van der Waals surface area contributed by atoms with Gasteiger partial charge in [0.15, 0.2) is 23.2 Å². The molecule has 0 aliphatic rings. The Morgan fingerprint density at radius 2 is 1.76 bits per heavy atom. The topological polar surface area (TPSA) is 116 Å². The summed E-state index contributed by atoms with van der Waals surface area (Å²) in [6.07, 6.45) is 1.60. The van der Waals surface area contributed by atoms with Crippen LogP contribution in [0, 0.1) is 23.0 Å². The van der Waals surface area contributed by atoms with Crippen molar-refractivity contribution in [1.29, 1.82) is 0 Å². The van der Waals surface area contributed by atoms with Gasteiger partial charge in [0.05, 0.1) is 0 Å². The summed E-state index contributed by atoms with van der Waals surface area (Å²) in [7, 11) is 0. The average molecular weight is 497 g/mol. The van der Waals surface area contributed by atoms with Crippen LogP contribution in [-0.2, 0) is 21.1 Å². The number of halogens is 2. The number of hydrogen-bond acceptors (Lipinski definition) is 6. The summed E-state index contributed by atoms with van der Waals surface area (Å²) in [5, 5.41) is 3.82. The molecule has 0 saturated carbocycles. The van der Waals surface area contributed by atoms with E-state index < -0.39 is 40.6 Å². The van der Waals surface area contributed by atoms with Gasteiger partial charge in [-0.1, -0.05) is 34.6 Å². The third-order valence-electron chi connectivity index (χ3n) is 5.08. The van der Waals surface area contributed by atoms with Crippen LogP contribution in [0.2, 0.25) is 0 Å². The maximum atomic E-state index is 14.5. The lowest BCUT2D eigenvalue weighted by atomic mass is 9.90. The van der Waals surface area contributed by atoms with Crippen LogP contribution in [0.5, 0.6) is 0 Å². The fraction of sp³-hybridized carbons (Fsp3) is 0.478. The Kier molecular flexibility index (Phi) is 8.49. The number of thiazole rings is 1. The zero-order valence-electron chi connectivity index (χ0n) is 20.1. The van der Waals surface area contributed by atoms with Crippen LogP contribution < -0.4 is 15.9 Å². The number of hydrogen-bond donors (Lipinski definition) is 2. The van der Waals surface area contributed by atoms with Crippen molar-refractivity contribution in [3.8, 4) is 0 Å². The van der Waals surface area contributed by atoms with E-state index in [9.17, 15) is 23.2 Å². The molecule has 0 spiro atoms. The zero-order valence-corrected chi connectivity index (χ0v) is 20.9. The van der Waals surface area contributed by atoms with Crippen molar-refractivity contribution in [1.82, 2.24) is 4.57 Å². The number of aromatic nitrogens is 1. The molecule has 8 nitrogen and oxygen atoms in total. The van der Waals surface area contributed by atoms with Crippen LogP contribution in [0.4, 0.5) is 14.5 Å². The third-order valence-corrected chi connectivity index (χ3v) is 5.87. The van der Waals surface area contributed by atoms with Crippen LogP contribution in [0.15, 0.2) is 28.7 Å². The molecule has 2 rings (SSSR count). The highest BCUT2D eigenvalue weighted by molar-refractivity contribution is 7.07. The Morgan fingerprint density at radius 3 is 2.29 bits per heavy atom. The lowest BCUT2D eigenvalue weighted by molar-refractivity contribution is -0.155. The van der Waals surface area contributed by atoms with Crippen LogP contribution in [0.3, 0.4) is 0 Å². The standard InChI is InChI=1S/C23H30F2N4O4S/c1-13(2)23(6,26)20(32)33-12-29-7-8-34-21(29)28-19(31)14-9-15(24)18(16(25)10-14)27-17(30)11-22(3,4)5/h7-10,13H,11-12,26H2,1-6H3,(H,27,30)/t23-/m1/s1. The van der Waals surface area contributed by atoms with E-state index in [1.807, 2.05) is 20.8 Å². The van der Waals surface area contributed by atoms with Gasteiger partial charge in [-0.05, 0) is 30.4 Å². The normalized spacial score (nSPS) is 14.1. The van der Waals surface area contributed by atoms with Crippen LogP contribution in [0.25, 0.3) is 0 Å². The Morgan fingerprint density at radius 1 is 1.18 bits per heavy atom. The molecule has 0 saturated heterocycles. The minimum atomic E-state index is -1.19. The van der Waals surface area contributed by atoms with E-state index in [1.165, 1.54) is 4.57 Å². The largest absolute Gasteiger partial charge is 0.442 e. The molecule has 0 bridgehead atoms. The Hall–Kier alpha value is -2.92. The average Bonchev–Trinajstić information content (AvgIpc) is 3.13. The minimum Gasteiger partial charge on any atom is -0.442 e. The van der Waals surface area contributed by atoms with Crippen LogP contribution in [0.1, 0.15) is 58.3 Å². The Balaban J connectivity index is 2.20. The number of ether oxygens (including phenoxy) is 1. The van der Waals surface area contributed by atoms with Crippen LogP contribution >= 0.6 is 11.3 Å². The molecule has 1 aromatic carbocycles. The second-order valence-electron chi connectivity index (χ2n) is 9.67. The highest BCUT2D eigenvalue weighted by Crippen LogP contribution is 2.24. The first kappa shape index (κ1) is 27.3. The van der Waals surface area contributed by atoms with E-state index in [0.29, 0.717) is 0 Å². The summed E-state index contributed by atoms with van der Waals surface area (Å²) in [6, 6.07) is 1.62. The number of amides is 2. The Bertz CT molecular complexity index is 1120. The molecule has 1 atom stereocenters. The molecule has 2 aromatic rings. The molecule has 0 radical (unpaired) electrons. The molecule has 0 aliphatic heterocycles. The number of carbonyl (C=O) groups excluding carboxylic acids is 3. The monoisotopic (exact) mass is 496 g/mol. The first-order chi connectivity index (χ1) is 15.6. The van der Waals surface area contributed by atoms with Crippen molar-refractivity contribution in [2.75, 3.05) is 5.32 Å². The summed E-state index contributed by atoms with van der Waals surface area (Å²) in [6.45, 7) is 10.4. The molecule has 2 amide bonds. The number of anilines is 1. The maximum absolute atomic E-state index is 14.5. The lowest BCUT2D eigenvalue weighted by Gasteiger charge is -2.26. The molecule has 3 N–H and O–H groups in total. The van der Waals surface area contributed by atoms with Crippen molar-refractivity contribution in [3.05, 3.63) is 45.7 Å². The van der Waals surface area contributed by atoms with E-state index in [4.69, 9.17) is 10.5 Å². The number of benzene rings is 1. The Labute approximate surface area is 200 Å². The van der Waals surface area contributed by atoms with Gasteiger partial charge in [-0.3, -0.25) is 14.2 Å². The molecule has 1 heterocycles. The summed E-state index contributed by atoms with van der Waals surface area (Å²) >= 11 is 1.07. The van der Waals surface area contributed by atoms with Gasteiger partial charge in [0.1, 0.15) is 11.2 Å². The molecule has 11 heteroatoms. The first-order valence-corrected chi connectivity index (χ1v) is 11.5. The van der Waals surface area contributed by atoms with E-state index in [2.05, 4.69) is 10.3 Å². The number of esters is 1. The fourth-order valence-electron chi connectivity index (χ4n) is 2.64. The molecular formula is C23H30F2N4O4S. The third kappa shape index (κ3) is 7.04. The minimum absolute atomic E-state index is 0.0608. The summed E-state index contributed by atoms with van der Waals surface area (Å²) in [4.78, 5) is 40.9. The molecule has 0 unspecified atom stereocenters.